The highest BCUT2D eigenvalue weighted by Crippen LogP contribution is 1.99. The summed E-state index contributed by atoms with van der Waals surface area (Å²) in [6.45, 7) is -0.644. The molecule has 4 nitrogen and oxygen atoms in total. The Labute approximate surface area is 81.1 Å². The highest BCUT2D eigenvalue weighted by molar-refractivity contribution is 5.97. The monoisotopic (exact) mass is 194 g/mol. The van der Waals surface area contributed by atoms with Gasteiger partial charge in [-0.15, -0.1) is 0 Å². The van der Waals surface area contributed by atoms with E-state index in [1.807, 2.05) is 0 Å². The normalized spacial score (nSPS) is 9.71. The van der Waals surface area contributed by atoms with Crippen molar-refractivity contribution in [1.82, 2.24) is 0 Å². The molecule has 0 unspecified atom stereocenters. The molecule has 0 aliphatic rings. The number of Topliss-reactive ketones (excluding diaryl/α,β-unsaturated/α-hetero) is 1. The van der Waals surface area contributed by atoms with Crippen molar-refractivity contribution in [2.24, 2.45) is 0 Å². The smallest absolute Gasteiger partial charge is 0.329 e. The molecule has 1 rings (SSSR count). The first kappa shape index (κ1) is 10.4. The number of benzene rings is 1. The Balaban J connectivity index is 2.40. The SMILES string of the molecule is O=C(O)COCC(=O)c1ccccc1. The van der Waals surface area contributed by atoms with Crippen LogP contribution in [-0.4, -0.2) is 30.1 Å². The number of hydrogen-bond acceptors (Lipinski definition) is 3. The van der Waals surface area contributed by atoms with E-state index in [2.05, 4.69) is 4.74 Å². The van der Waals surface area contributed by atoms with Gasteiger partial charge < -0.3 is 9.84 Å². The summed E-state index contributed by atoms with van der Waals surface area (Å²) in [5.41, 5.74) is 0.526. The summed E-state index contributed by atoms with van der Waals surface area (Å²) in [7, 11) is 0. The van der Waals surface area contributed by atoms with Crippen LogP contribution in [0.4, 0.5) is 0 Å². The average Bonchev–Trinajstić information content (AvgIpc) is 2.18. The van der Waals surface area contributed by atoms with Crippen LogP contribution in [0.3, 0.4) is 0 Å². The van der Waals surface area contributed by atoms with E-state index in [-0.39, 0.29) is 12.4 Å². The predicted octanol–water partition coefficient (Wildman–Crippen LogP) is 0.970. The maximum Gasteiger partial charge on any atom is 0.329 e. The fraction of sp³-hybridized carbons (Fsp3) is 0.200. The van der Waals surface area contributed by atoms with Gasteiger partial charge in [-0.25, -0.2) is 4.79 Å². The summed E-state index contributed by atoms with van der Waals surface area (Å²) in [5.74, 6) is -1.29. The number of carboxylic acids is 1. The Morgan fingerprint density at radius 3 is 2.36 bits per heavy atom. The van der Waals surface area contributed by atoms with Gasteiger partial charge in [0, 0.05) is 5.56 Å². The number of ether oxygens (including phenoxy) is 1. The molecule has 1 N–H and O–H groups in total. The van der Waals surface area contributed by atoms with E-state index in [4.69, 9.17) is 5.11 Å². The Morgan fingerprint density at radius 1 is 1.14 bits per heavy atom. The molecule has 4 heteroatoms. The summed E-state index contributed by atoms with van der Waals surface area (Å²) in [6.07, 6.45) is 0. The Kier molecular flexibility index (Phi) is 3.82. The maximum absolute atomic E-state index is 11.3. The second-order valence-electron chi connectivity index (χ2n) is 2.68. The van der Waals surface area contributed by atoms with E-state index >= 15 is 0 Å². The minimum atomic E-state index is -1.08. The number of carboxylic acid groups (broad SMARTS) is 1. The molecule has 1 aromatic rings. The first-order valence-electron chi connectivity index (χ1n) is 4.08. The highest BCUT2D eigenvalue weighted by Gasteiger charge is 2.05. The average molecular weight is 194 g/mol. The molecule has 0 saturated carbocycles. The van der Waals surface area contributed by atoms with Gasteiger partial charge in [0.25, 0.3) is 0 Å². The topological polar surface area (TPSA) is 63.6 Å². The van der Waals surface area contributed by atoms with Crippen LogP contribution in [0.15, 0.2) is 30.3 Å². The zero-order chi connectivity index (χ0) is 10.4. The fourth-order valence-corrected chi connectivity index (χ4v) is 0.938. The Hall–Kier alpha value is -1.68. The van der Waals surface area contributed by atoms with Gasteiger partial charge in [0.1, 0.15) is 13.2 Å². The number of ketones is 1. The predicted molar refractivity (Wildman–Crippen MR) is 49.2 cm³/mol. The van der Waals surface area contributed by atoms with E-state index in [1.54, 1.807) is 30.3 Å². The summed E-state index contributed by atoms with van der Waals surface area (Å²) in [5, 5.41) is 8.26. The second-order valence-corrected chi connectivity index (χ2v) is 2.68. The first-order chi connectivity index (χ1) is 6.70. The summed E-state index contributed by atoms with van der Waals surface area (Å²) in [6, 6.07) is 8.60. The van der Waals surface area contributed by atoms with Gasteiger partial charge in [0.2, 0.25) is 0 Å². The molecule has 0 fully saturated rings. The van der Waals surface area contributed by atoms with Crippen LogP contribution in [0.25, 0.3) is 0 Å². The summed E-state index contributed by atoms with van der Waals surface area (Å²) >= 11 is 0. The van der Waals surface area contributed by atoms with E-state index in [9.17, 15) is 9.59 Å². The second kappa shape index (κ2) is 5.14. The maximum atomic E-state index is 11.3. The zero-order valence-electron chi connectivity index (χ0n) is 7.47. The van der Waals surface area contributed by atoms with Gasteiger partial charge in [0.05, 0.1) is 0 Å². The number of hydrogen-bond donors (Lipinski definition) is 1. The third-order valence-electron chi connectivity index (χ3n) is 1.55. The third-order valence-corrected chi connectivity index (χ3v) is 1.55. The van der Waals surface area contributed by atoms with Crippen LogP contribution in [-0.2, 0) is 9.53 Å². The van der Waals surface area contributed by atoms with Crippen LogP contribution in [0.2, 0.25) is 0 Å². The first-order valence-corrected chi connectivity index (χ1v) is 4.08. The van der Waals surface area contributed by atoms with Crippen molar-refractivity contribution in [2.45, 2.75) is 0 Å². The van der Waals surface area contributed by atoms with Crippen LogP contribution in [0.5, 0.6) is 0 Å². The van der Waals surface area contributed by atoms with Gasteiger partial charge in [-0.2, -0.15) is 0 Å². The summed E-state index contributed by atoms with van der Waals surface area (Å²) < 4.78 is 4.66. The molecule has 0 aromatic heterocycles. The molecule has 14 heavy (non-hydrogen) atoms. The van der Waals surface area contributed by atoms with Crippen molar-refractivity contribution in [2.75, 3.05) is 13.2 Å². The molecule has 0 aliphatic heterocycles. The van der Waals surface area contributed by atoms with Crippen LogP contribution in [0.1, 0.15) is 10.4 Å². The van der Waals surface area contributed by atoms with Gasteiger partial charge in [-0.1, -0.05) is 30.3 Å². The Morgan fingerprint density at radius 2 is 1.79 bits per heavy atom. The van der Waals surface area contributed by atoms with Crippen molar-refractivity contribution in [3.8, 4) is 0 Å². The van der Waals surface area contributed by atoms with Crippen LogP contribution >= 0.6 is 0 Å². The van der Waals surface area contributed by atoms with Crippen LogP contribution < -0.4 is 0 Å². The zero-order valence-corrected chi connectivity index (χ0v) is 7.47. The lowest BCUT2D eigenvalue weighted by atomic mass is 10.1. The molecular formula is C10H10O4. The minimum Gasteiger partial charge on any atom is -0.480 e. The van der Waals surface area contributed by atoms with Gasteiger partial charge >= 0.3 is 5.97 Å². The third kappa shape index (κ3) is 3.37. The number of aliphatic carboxylic acids is 1. The quantitative estimate of drug-likeness (QED) is 0.709. The molecule has 0 heterocycles. The number of rotatable bonds is 5. The molecule has 0 saturated heterocycles. The van der Waals surface area contributed by atoms with Crippen molar-refractivity contribution in [1.29, 1.82) is 0 Å². The van der Waals surface area contributed by atoms with E-state index in [0.717, 1.165) is 0 Å². The molecule has 74 valence electrons. The molecule has 0 amide bonds. The largest absolute Gasteiger partial charge is 0.480 e. The van der Waals surface area contributed by atoms with Crippen molar-refractivity contribution >= 4 is 11.8 Å². The highest BCUT2D eigenvalue weighted by atomic mass is 16.5. The fourth-order valence-electron chi connectivity index (χ4n) is 0.938. The lowest BCUT2D eigenvalue weighted by Gasteiger charge is -2.00. The van der Waals surface area contributed by atoms with Crippen LogP contribution in [0, 0.1) is 0 Å². The number of carbonyl (C=O) groups excluding carboxylic acids is 1. The standard InChI is InChI=1S/C10H10O4/c11-9(6-14-7-10(12)13)8-4-2-1-3-5-8/h1-5H,6-7H2,(H,12,13). The Bertz CT molecular complexity index is 318. The lowest BCUT2D eigenvalue weighted by Crippen LogP contribution is -2.14. The lowest BCUT2D eigenvalue weighted by molar-refractivity contribution is -0.141. The van der Waals surface area contributed by atoms with Gasteiger partial charge in [0.15, 0.2) is 5.78 Å². The van der Waals surface area contributed by atoms with Crippen molar-refractivity contribution < 1.29 is 19.4 Å². The molecular weight excluding hydrogens is 184 g/mol. The molecule has 0 atom stereocenters. The van der Waals surface area contributed by atoms with Crippen molar-refractivity contribution in [3.63, 3.8) is 0 Å². The molecule has 0 spiro atoms. The molecule has 0 bridgehead atoms. The van der Waals surface area contributed by atoms with E-state index in [0.29, 0.717) is 5.56 Å². The minimum absolute atomic E-state index is 0.198. The molecule has 0 aliphatic carbocycles. The van der Waals surface area contributed by atoms with Crippen molar-refractivity contribution in [3.05, 3.63) is 35.9 Å². The molecule has 0 radical (unpaired) electrons. The van der Waals surface area contributed by atoms with Gasteiger partial charge in [-0.3, -0.25) is 4.79 Å². The van der Waals surface area contributed by atoms with E-state index < -0.39 is 12.6 Å². The molecule has 1 aromatic carbocycles. The van der Waals surface area contributed by atoms with E-state index in [1.165, 1.54) is 0 Å². The van der Waals surface area contributed by atoms with Gasteiger partial charge in [-0.05, 0) is 0 Å². The number of carbonyl (C=O) groups is 2. The summed E-state index contributed by atoms with van der Waals surface area (Å²) in [4.78, 5) is 21.4.